The largest absolute Gasteiger partial charge is 0.490 e. The molecule has 1 heterocycles. The number of nitrogens with one attached hydrogen (secondary N) is 1. The van der Waals surface area contributed by atoms with Gasteiger partial charge in [0.25, 0.3) is 0 Å². The van der Waals surface area contributed by atoms with Gasteiger partial charge in [0.05, 0.1) is 24.5 Å². The van der Waals surface area contributed by atoms with Crippen LogP contribution in [-0.4, -0.2) is 25.0 Å². The first-order valence-electron chi connectivity index (χ1n) is 13.7. The number of ether oxygens (including phenoxy) is 3. The highest BCUT2D eigenvalue weighted by molar-refractivity contribution is 6.30. The Morgan fingerprint density at radius 2 is 1.76 bits per heavy atom. The van der Waals surface area contributed by atoms with Gasteiger partial charge >= 0.3 is 5.97 Å². The summed E-state index contributed by atoms with van der Waals surface area (Å²) >= 11 is 6.05. The highest BCUT2D eigenvalue weighted by Gasteiger charge is 2.43. The van der Waals surface area contributed by atoms with Crippen molar-refractivity contribution in [1.29, 1.82) is 0 Å². The molecule has 1 aliphatic carbocycles. The number of esters is 1. The van der Waals surface area contributed by atoms with Crippen LogP contribution in [0.3, 0.4) is 0 Å². The molecule has 0 aromatic heterocycles. The maximum Gasteiger partial charge on any atom is 0.336 e. The van der Waals surface area contributed by atoms with E-state index in [1.165, 1.54) is 0 Å². The number of carbonyl (C=O) groups excluding carboxylic acids is 2. The molecule has 1 aliphatic heterocycles. The lowest BCUT2D eigenvalue weighted by atomic mass is 9.79. The number of hydrogen-bond donors (Lipinski definition) is 1. The second kappa shape index (κ2) is 12.1. The second-order valence-corrected chi connectivity index (χ2v) is 10.3. The summed E-state index contributed by atoms with van der Waals surface area (Å²) in [5.74, 6) is -0.135. The number of carbonyl (C=O) groups is 2. The van der Waals surface area contributed by atoms with E-state index in [9.17, 15) is 9.59 Å². The first kappa shape index (κ1) is 28.2. The van der Waals surface area contributed by atoms with E-state index in [0.717, 1.165) is 22.3 Å². The number of ketones is 1. The molecule has 0 amide bonds. The molecule has 0 bridgehead atoms. The number of halogens is 1. The summed E-state index contributed by atoms with van der Waals surface area (Å²) in [6, 6.07) is 18.8. The van der Waals surface area contributed by atoms with Crippen LogP contribution < -0.4 is 14.8 Å². The smallest absolute Gasteiger partial charge is 0.336 e. The molecule has 41 heavy (non-hydrogen) atoms. The predicted molar refractivity (Wildman–Crippen MR) is 160 cm³/mol. The van der Waals surface area contributed by atoms with Gasteiger partial charge in [-0.15, -0.1) is 6.58 Å². The van der Waals surface area contributed by atoms with E-state index in [1.54, 1.807) is 13.0 Å². The maximum absolute atomic E-state index is 13.9. The van der Waals surface area contributed by atoms with Crippen LogP contribution in [0.1, 0.15) is 59.3 Å². The Bertz CT molecular complexity index is 1590. The SMILES string of the molecule is C=CCc1cc([C@@H]2C(C(=O)OCC)=C(C)NC3=C2C(=O)c2ccccc23)cc(OCC)c1OCc1ccc(Cl)cc1. The summed E-state index contributed by atoms with van der Waals surface area (Å²) in [5.41, 5.74) is 6.22. The first-order valence-corrected chi connectivity index (χ1v) is 14.1. The van der Waals surface area contributed by atoms with Crippen molar-refractivity contribution in [3.8, 4) is 11.5 Å². The molecule has 0 radical (unpaired) electrons. The van der Waals surface area contributed by atoms with Crippen LogP contribution in [0.25, 0.3) is 5.70 Å². The molecule has 6 nitrogen and oxygen atoms in total. The van der Waals surface area contributed by atoms with Crippen molar-refractivity contribution in [2.45, 2.75) is 39.7 Å². The summed E-state index contributed by atoms with van der Waals surface area (Å²) in [6.07, 6.45) is 2.29. The van der Waals surface area contributed by atoms with Crippen LogP contribution in [0.4, 0.5) is 0 Å². The minimum Gasteiger partial charge on any atom is -0.490 e. The van der Waals surface area contributed by atoms with Gasteiger partial charge in [-0.3, -0.25) is 4.79 Å². The van der Waals surface area contributed by atoms with E-state index in [1.807, 2.05) is 74.5 Å². The molecule has 0 spiro atoms. The van der Waals surface area contributed by atoms with Gasteiger partial charge in [-0.1, -0.05) is 60.1 Å². The Morgan fingerprint density at radius 3 is 2.44 bits per heavy atom. The minimum absolute atomic E-state index is 0.117. The van der Waals surface area contributed by atoms with Crippen LogP contribution in [0.2, 0.25) is 5.02 Å². The quantitative estimate of drug-likeness (QED) is 0.206. The van der Waals surface area contributed by atoms with Crippen LogP contribution in [0, 0.1) is 0 Å². The van der Waals surface area contributed by atoms with Crippen molar-refractivity contribution in [3.63, 3.8) is 0 Å². The summed E-state index contributed by atoms with van der Waals surface area (Å²) in [5, 5.41) is 4.00. The van der Waals surface area contributed by atoms with E-state index < -0.39 is 11.9 Å². The van der Waals surface area contributed by atoms with Crippen LogP contribution >= 0.6 is 11.6 Å². The van der Waals surface area contributed by atoms with Gasteiger partial charge in [0, 0.05) is 38.9 Å². The molecule has 1 N–H and O–H groups in total. The number of fused-ring (bicyclic) bond motifs is 2. The van der Waals surface area contributed by atoms with Gasteiger partial charge in [-0.25, -0.2) is 4.79 Å². The van der Waals surface area contributed by atoms with E-state index in [0.29, 0.717) is 64.3 Å². The Morgan fingerprint density at radius 1 is 1.02 bits per heavy atom. The van der Waals surface area contributed by atoms with Gasteiger partial charge < -0.3 is 19.5 Å². The molecular formula is C34H32ClNO5. The molecular weight excluding hydrogens is 538 g/mol. The molecule has 0 unspecified atom stereocenters. The summed E-state index contributed by atoms with van der Waals surface area (Å²) < 4.78 is 17.9. The van der Waals surface area contributed by atoms with Gasteiger partial charge in [0.2, 0.25) is 0 Å². The third-order valence-corrected chi connectivity index (χ3v) is 7.44. The van der Waals surface area contributed by atoms with E-state index in [4.69, 9.17) is 25.8 Å². The molecule has 2 aliphatic rings. The molecule has 0 fully saturated rings. The third-order valence-electron chi connectivity index (χ3n) is 7.19. The Balaban J connectivity index is 1.66. The van der Waals surface area contributed by atoms with Crippen molar-refractivity contribution in [1.82, 2.24) is 5.32 Å². The lowest BCUT2D eigenvalue weighted by Gasteiger charge is -2.30. The zero-order chi connectivity index (χ0) is 29.1. The van der Waals surface area contributed by atoms with Crippen LogP contribution in [-0.2, 0) is 22.6 Å². The highest BCUT2D eigenvalue weighted by Crippen LogP contribution is 2.49. The molecule has 7 heteroatoms. The monoisotopic (exact) mass is 569 g/mol. The minimum atomic E-state index is -0.668. The summed E-state index contributed by atoms with van der Waals surface area (Å²) in [7, 11) is 0. The fraction of sp³-hybridized carbons (Fsp3) is 0.235. The van der Waals surface area contributed by atoms with E-state index in [-0.39, 0.29) is 12.4 Å². The number of rotatable bonds is 10. The lowest BCUT2D eigenvalue weighted by Crippen LogP contribution is -2.29. The second-order valence-electron chi connectivity index (χ2n) is 9.83. The third kappa shape index (κ3) is 5.40. The Labute approximate surface area is 245 Å². The maximum atomic E-state index is 13.9. The Hall–Kier alpha value is -4.29. The van der Waals surface area contributed by atoms with Crippen LogP contribution in [0.15, 0.2) is 90.2 Å². The molecule has 1 atom stereocenters. The van der Waals surface area contributed by atoms with E-state index >= 15 is 0 Å². The number of Topliss-reactive ketones (excluding diaryl/α,β-unsaturated/α-hetero) is 1. The molecule has 3 aromatic carbocycles. The zero-order valence-electron chi connectivity index (χ0n) is 23.4. The Kier molecular flexibility index (Phi) is 8.31. The van der Waals surface area contributed by atoms with Crippen molar-refractivity contribution >= 4 is 29.1 Å². The number of benzene rings is 3. The van der Waals surface area contributed by atoms with Crippen molar-refractivity contribution in [3.05, 3.63) is 123 Å². The highest BCUT2D eigenvalue weighted by atomic mass is 35.5. The summed E-state index contributed by atoms with van der Waals surface area (Å²) in [6.45, 7) is 10.4. The average Bonchev–Trinajstić information content (AvgIpc) is 3.24. The molecule has 210 valence electrons. The molecule has 0 saturated carbocycles. The predicted octanol–water partition coefficient (Wildman–Crippen LogP) is 7.18. The van der Waals surface area contributed by atoms with Gasteiger partial charge in [0.1, 0.15) is 6.61 Å². The summed E-state index contributed by atoms with van der Waals surface area (Å²) in [4.78, 5) is 27.3. The lowest BCUT2D eigenvalue weighted by molar-refractivity contribution is -0.138. The van der Waals surface area contributed by atoms with Crippen LogP contribution in [0.5, 0.6) is 11.5 Å². The molecule has 0 saturated heterocycles. The van der Waals surface area contributed by atoms with Crippen molar-refractivity contribution < 1.29 is 23.8 Å². The fourth-order valence-corrected chi connectivity index (χ4v) is 5.59. The van der Waals surface area contributed by atoms with Gasteiger partial charge in [0.15, 0.2) is 17.3 Å². The van der Waals surface area contributed by atoms with Crippen molar-refractivity contribution in [2.75, 3.05) is 13.2 Å². The number of hydrogen-bond acceptors (Lipinski definition) is 6. The average molecular weight is 570 g/mol. The number of allylic oxidation sites excluding steroid dienone is 3. The normalized spacial score (nSPS) is 15.7. The van der Waals surface area contributed by atoms with Crippen molar-refractivity contribution in [2.24, 2.45) is 0 Å². The first-order chi connectivity index (χ1) is 19.9. The van der Waals surface area contributed by atoms with Gasteiger partial charge in [-0.05, 0) is 56.5 Å². The fourth-order valence-electron chi connectivity index (χ4n) is 5.46. The standard InChI is InChI=1S/C34H32ClNO5/c1-5-10-22-17-23(18-27(39-6-2)33(22)41-19-21-13-15-24(35)16-14-21)29-28(34(38)40-7-3)20(4)36-31-25-11-8-9-12-26(25)32(37)30(29)31/h5,8-9,11-18,29,36H,1,6-7,10,19H2,2-4H3/t29-/m1/s1. The zero-order valence-corrected chi connectivity index (χ0v) is 24.1. The topological polar surface area (TPSA) is 73.9 Å². The number of dihydropyridines is 1. The van der Waals surface area contributed by atoms with E-state index in [2.05, 4.69) is 11.9 Å². The molecule has 5 rings (SSSR count). The van der Waals surface area contributed by atoms with Gasteiger partial charge in [-0.2, -0.15) is 0 Å². The molecule has 3 aromatic rings.